The van der Waals surface area contributed by atoms with Crippen LogP contribution in [0, 0.1) is 5.92 Å². The molecule has 1 aromatic rings. The van der Waals surface area contributed by atoms with Gasteiger partial charge in [-0.25, -0.2) is 0 Å². The number of rotatable bonds is 4. The number of hydrogen-bond acceptors (Lipinski definition) is 3. The molecular formula is C15H23NO2. The van der Waals surface area contributed by atoms with E-state index in [0.717, 1.165) is 37.7 Å². The fourth-order valence-electron chi connectivity index (χ4n) is 1.98. The summed E-state index contributed by atoms with van der Waals surface area (Å²) in [5, 5.41) is 3.52. The van der Waals surface area contributed by atoms with Crippen LogP contribution in [0.5, 0.6) is 11.5 Å². The van der Waals surface area contributed by atoms with Crippen molar-refractivity contribution in [1.82, 2.24) is 5.32 Å². The van der Waals surface area contributed by atoms with Crippen molar-refractivity contribution < 1.29 is 9.47 Å². The van der Waals surface area contributed by atoms with E-state index < -0.39 is 0 Å². The van der Waals surface area contributed by atoms with Crippen LogP contribution in [0.1, 0.15) is 38.8 Å². The van der Waals surface area contributed by atoms with E-state index in [9.17, 15) is 0 Å². The maximum Gasteiger partial charge on any atom is 0.161 e. The molecule has 1 aliphatic heterocycles. The highest BCUT2D eigenvalue weighted by molar-refractivity contribution is 5.44. The molecule has 0 radical (unpaired) electrons. The zero-order chi connectivity index (χ0) is 13.0. The largest absolute Gasteiger partial charge is 0.490 e. The summed E-state index contributed by atoms with van der Waals surface area (Å²) in [6.07, 6.45) is 0.950. The van der Waals surface area contributed by atoms with E-state index in [0.29, 0.717) is 12.0 Å². The second kappa shape index (κ2) is 6.10. The molecule has 18 heavy (non-hydrogen) atoms. The highest BCUT2D eigenvalue weighted by Crippen LogP contribution is 2.32. The van der Waals surface area contributed by atoms with Gasteiger partial charge in [-0.1, -0.05) is 19.9 Å². The van der Waals surface area contributed by atoms with E-state index in [1.54, 1.807) is 0 Å². The van der Waals surface area contributed by atoms with Crippen LogP contribution < -0.4 is 14.8 Å². The Hall–Kier alpha value is -1.22. The van der Waals surface area contributed by atoms with Crippen LogP contribution in [-0.2, 0) is 0 Å². The summed E-state index contributed by atoms with van der Waals surface area (Å²) < 4.78 is 11.3. The van der Waals surface area contributed by atoms with Crippen molar-refractivity contribution in [1.29, 1.82) is 0 Å². The molecule has 0 saturated heterocycles. The van der Waals surface area contributed by atoms with Gasteiger partial charge in [0.15, 0.2) is 11.5 Å². The molecule has 3 heteroatoms. The first kappa shape index (κ1) is 13.2. The molecule has 1 aromatic carbocycles. The highest BCUT2D eigenvalue weighted by Gasteiger charge is 2.13. The lowest BCUT2D eigenvalue weighted by Gasteiger charge is -2.17. The number of benzene rings is 1. The summed E-state index contributed by atoms with van der Waals surface area (Å²) in [5.74, 6) is 2.41. The van der Waals surface area contributed by atoms with Crippen molar-refractivity contribution in [2.75, 3.05) is 19.8 Å². The predicted molar refractivity (Wildman–Crippen MR) is 73.3 cm³/mol. The third kappa shape index (κ3) is 3.39. The summed E-state index contributed by atoms with van der Waals surface area (Å²) in [4.78, 5) is 0. The number of fused-ring (bicyclic) bond motifs is 1. The summed E-state index contributed by atoms with van der Waals surface area (Å²) >= 11 is 0. The molecule has 0 spiro atoms. The monoisotopic (exact) mass is 249 g/mol. The Morgan fingerprint density at radius 3 is 2.56 bits per heavy atom. The lowest BCUT2D eigenvalue weighted by Crippen LogP contribution is -2.23. The Bertz CT molecular complexity index is 390. The third-order valence-corrected chi connectivity index (χ3v) is 3.10. The quantitative estimate of drug-likeness (QED) is 0.889. The van der Waals surface area contributed by atoms with Crippen LogP contribution in [0.15, 0.2) is 18.2 Å². The van der Waals surface area contributed by atoms with E-state index in [1.165, 1.54) is 5.56 Å². The summed E-state index contributed by atoms with van der Waals surface area (Å²) in [6.45, 7) is 9.12. The molecule has 1 unspecified atom stereocenters. The van der Waals surface area contributed by atoms with Crippen molar-refractivity contribution in [2.45, 2.75) is 33.2 Å². The lowest BCUT2D eigenvalue weighted by atomic mass is 10.1. The Labute approximate surface area is 109 Å². The van der Waals surface area contributed by atoms with Crippen LogP contribution in [0.4, 0.5) is 0 Å². The minimum absolute atomic E-state index is 0.338. The minimum atomic E-state index is 0.338. The first-order valence-electron chi connectivity index (χ1n) is 6.79. The van der Waals surface area contributed by atoms with E-state index in [-0.39, 0.29) is 0 Å². The first-order chi connectivity index (χ1) is 8.66. The Morgan fingerprint density at radius 2 is 1.83 bits per heavy atom. The Morgan fingerprint density at radius 1 is 1.11 bits per heavy atom. The zero-order valence-corrected chi connectivity index (χ0v) is 11.5. The van der Waals surface area contributed by atoms with E-state index >= 15 is 0 Å². The fraction of sp³-hybridized carbons (Fsp3) is 0.600. The van der Waals surface area contributed by atoms with Gasteiger partial charge in [-0.3, -0.25) is 0 Å². The average Bonchev–Trinajstić information content (AvgIpc) is 2.60. The minimum Gasteiger partial charge on any atom is -0.490 e. The van der Waals surface area contributed by atoms with Gasteiger partial charge in [0.2, 0.25) is 0 Å². The second-order valence-electron chi connectivity index (χ2n) is 5.28. The van der Waals surface area contributed by atoms with Gasteiger partial charge in [0.05, 0.1) is 13.2 Å². The summed E-state index contributed by atoms with van der Waals surface area (Å²) in [5.41, 5.74) is 1.25. The molecule has 2 rings (SSSR count). The second-order valence-corrected chi connectivity index (χ2v) is 5.28. The molecule has 0 aliphatic carbocycles. The van der Waals surface area contributed by atoms with Crippen molar-refractivity contribution in [3.05, 3.63) is 23.8 Å². The third-order valence-electron chi connectivity index (χ3n) is 3.10. The van der Waals surface area contributed by atoms with Crippen LogP contribution in [0.3, 0.4) is 0 Å². The maximum absolute atomic E-state index is 5.71. The number of hydrogen-bond donors (Lipinski definition) is 1. The Kier molecular flexibility index (Phi) is 4.48. The number of nitrogens with one attached hydrogen (secondary N) is 1. The van der Waals surface area contributed by atoms with Gasteiger partial charge in [-0.2, -0.15) is 0 Å². The fourth-order valence-corrected chi connectivity index (χ4v) is 1.98. The maximum atomic E-state index is 5.71. The van der Waals surface area contributed by atoms with Crippen molar-refractivity contribution in [3.8, 4) is 11.5 Å². The number of ether oxygens (including phenoxy) is 2. The van der Waals surface area contributed by atoms with Crippen molar-refractivity contribution in [3.63, 3.8) is 0 Å². The van der Waals surface area contributed by atoms with E-state index in [4.69, 9.17) is 9.47 Å². The van der Waals surface area contributed by atoms with Gasteiger partial charge < -0.3 is 14.8 Å². The molecule has 1 N–H and O–H groups in total. The molecular weight excluding hydrogens is 226 g/mol. The molecule has 0 amide bonds. The van der Waals surface area contributed by atoms with Gasteiger partial charge >= 0.3 is 0 Å². The normalized spacial score (nSPS) is 16.4. The zero-order valence-electron chi connectivity index (χ0n) is 11.5. The molecule has 0 fully saturated rings. The topological polar surface area (TPSA) is 30.5 Å². The molecule has 100 valence electrons. The van der Waals surface area contributed by atoms with Crippen LogP contribution >= 0.6 is 0 Å². The first-order valence-corrected chi connectivity index (χ1v) is 6.79. The van der Waals surface area contributed by atoms with Crippen molar-refractivity contribution >= 4 is 0 Å². The van der Waals surface area contributed by atoms with E-state index in [1.807, 2.05) is 6.07 Å². The molecule has 1 aliphatic rings. The highest BCUT2D eigenvalue weighted by atomic mass is 16.5. The molecule has 0 aromatic heterocycles. The average molecular weight is 249 g/mol. The van der Waals surface area contributed by atoms with E-state index in [2.05, 4.69) is 38.2 Å². The van der Waals surface area contributed by atoms with Crippen molar-refractivity contribution in [2.24, 2.45) is 5.92 Å². The van der Waals surface area contributed by atoms with Crippen LogP contribution in [-0.4, -0.2) is 19.8 Å². The molecule has 1 heterocycles. The molecule has 0 bridgehead atoms. The molecule has 0 saturated carbocycles. The Balaban J connectivity index is 2.07. The van der Waals surface area contributed by atoms with Gasteiger partial charge in [-0.05, 0) is 37.1 Å². The smallest absolute Gasteiger partial charge is 0.161 e. The van der Waals surface area contributed by atoms with Crippen LogP contribution in [0.2, 0.25) is 0 Å². The lowest BCUT2D eigenvalue weighted by molar-refractivity contribution is 0.297. The molecule has 1 atom stereocenters. The standard InChI is InChI=1S/C15H23NO2/c1-11(2)10-16-12(3)13-5-6-14-15(9-13)18-8-4-7-17-14/h5-6,9,11-12,16H,4,7-8,10H2,1-3H3. The van der Waals surface area contributed by atoms with Gasteiger partial charge in [0, 0.05) is 12.5 Å². The van der Waals surface area contributed by atoms with Gasteiger partial charge in [-0.15, -0.1) is 0 Å². The molecule has 3 nitrogen and oxygen atoms in total. The van der Waals surface area contributed by atoms with Gasteiger partial charge in [0.1, 0.15) is 0 Å². The summed E-state index contributed by atoms with van der Waals surface area (Å²) in [6, 6.07) is 6.57. The summed E-state index contributed by atoms with van der Waals surface area (Å²) in [7, 11) is 0. The van der Waals surface area contributed by atoms with Gasteiger partial charge in [0.25, 0.3) is 0 Å². The van der Waals surface area contributed by atoms with Crippen LogP contribution in [0.25, 0.3) is 0 Å². The SMILES string of the molecule is CC(C)CNC(C)c1ccc2c(c1)OCCCO2. The predicted octanol–water partition coefficient (Wildman–Crippen LogP) is 3.15.